The third-order valence-corrected chi connectivity index (χ3v) is 5.62. The number of likely N-dealkylation sites (N-methyl/N-ethyl adjacent to an activating group) is 1. The Kier molecular flexibility index (Phi) is 6.69. The number of rotatable bonds is 7. The monoisotopic (exact) mass is 412 g/mol. The number of nitrogens with one attached hydrogen (secondary N) is 1. The highest BCUT2D eigenvalue weighted by Gasteiger charge is 2.30. The van der Waals surface area contributed by atoms with Crippen molar-refractivity contribution in [2.75, 3.05) is 25.5 Å². The maximum atomic E-state index is 12.8. The number of likely N-dealkylation sites (tertiary alicyclic amines) is 1. The highest BCUT2D eigenvalue weighted by molar-refractivity contribution is 5.94. The van der Waals surface area contributed by atoms with Gasteiger partial charge in [-0.25, -0.2) is 9.78 Å². The zero-order valence-electron chi connectivity index (χ0n) is 17.4. The van der Waals surface area contributed by atoms with Crippen molar-refractivity contribution in [1.82, 2.24) is 14.8 Å². The molecule has 1 aromatic carbocycles. The molecule has 3 rings (SSSR count). The van der Waals surface area contributed by atoms with E-state index in [1.54, 1.807) is 48.4 Å². The fourth-order valence-corrected chi connectivity index (χ4v) is 3.60. The fraction of sp³-hybridized carbons (Fsp3) is 0.409. The second-order valence-corrected chi connectivity index (χ2v) is 7.72. The summed E-state index contributed by atoms with van der Waals surface area (Å²) in [5, 5.41) is 22.1. The Labute approximate surface area is 176 Å². The number of carbonyl (C=O) groups is 2. The van der Waals surface area contributed by atoms with Crippen LogP contribution >= 0.6 is 0 Å². The van der Waals surface area contributed by atoms with Crippen molar-refractivity contribution in [3.8, 4) is 0 Å². The van der Waals surface area contributed by atoms with Gasteiger partial charge in [0, 0.05) is 31.4 Å². The molecule has 0 saturated carbocycles. The van der Waals surface area contributed by atoms with Crippen LogP contribution in [0.15, 0.2) is 42.6 Å². The Morgan fingerprint density at radius 1 is 1.23 bits per heavy atom. The Morgan fingerprint density at radius 2 is 2.00 bits per heavy atom. The van der Waals surface area contributed by atoms with Crippen LogP contribution in [-0.4, -0.2) is 69.3 Å². The summed E-state index contributed by atoms with van der Waals surface area (Å²) < 4.78 is 0. The van der Waals surface area contributed by atoms with Gasteiger partial charge in [-0.3, -0.25) is 9.69 Å². The van der Waals surface area contributed by atoms with Gasteiger partial charge in [-0.05, 0) is 57.1 Å². The number of aromatic carboxylic acids is 1. The standard InChI is InChI=1S/C22H28N4O4/c1-14(16-5-4-6-17(11-16)22(29)30)24-20-8-7-18(12-23-20)21(28)26-10-9-19(13-26)25(3)15(2)27/h4-8,11-12,14-15,19,27H,9-10,13H2,1-3H3,(H,23,24)(H,29,30)/t14?,15?,19-/m0/s1. The zero-order chi connectivity index (χ0) is 21.8. The molecule has 3 N–H and O–H groups in total. The van der Waals surface area contributed by atoms with E-state index in [1.165, 1.54) is 0 Å². The Balaban J connectivity index is 1.62. The SMILES string of the molecule is CC(Nc1ccc(C(=O)N2CC[C@H](N(C)C(C)O)C2)cn1)c1cccc(C(=O)O)c1. The first-order chi connectivity index (χ1) is 14.3. The number of aliphatic hydroxyl groups is 1. The highest BCUT2D eigenvalue weighted by atomic mass is 16.4. The molecular formula is C22H28N4O4. The summed E-state index contributed by atoms with van der Waals surface area (Å²) in [4.78, 5) is 31.9. The topological polar surface area (TPSA) is 106 Å². The van der Waals surface area contributed by atoms with Gasteiger partial charge in [-0.1, -0.05) is 12.1 Å². The summed E-state index contributed by atoms with van der Waals surface area (Å²) in [5.41, 5.74) is 1.59. The number of carboxylic acid groups (broad SMARTS) is 1. The Bertz CT molecular complexity index is 900. The Hall–Kier alpha value is -2.97. The van der Waals surface area contributed by atoms with Crippen molar-refractivity contribution >= 4 is 17.7 Å². The molecule has 8 nitrogen and oxygen atoms in total. The van der Waals surface area contributed by atoms with Crippen LogP contribution in [0.1, 0.15) is 52.6 Å². The molecule has 0 aliphatic carbocycles. The van der Waals surface area contributed by atoms with Crippen LogP contribution in [0.5, 0.6) is 0 Å². The summed E-state index contributed by atoms with van der Waals surface area (Å²) in [5.74, 6) is -0.431. The molecule has 8 heteroatoms. The second-order valence-electron chi connectivity index (χ2n) is 7.72. The maximum Gasteiger partial charge on any atom is 0.335 e. The van der Waals surface area contributed by atoms with Gasteiger partial charge in [0.2, 0.25) is 0 Å². The molecule has 160 valence electrons. The van der Waals surface area contributed by atoms with E-state index in [0.29, 0.717) is 24.5 Å². The van der Waals surface area contributed by atoms with E-state index in [-0.39, 0.29) is 23.6 Å². The summed E-state index contributed by atoms with van der Waals surface area (Å²) >= 11 is 0. The van der Waals surface area contributed by atoms with Crippen LogP contribution in [-0.2, 0) is 0 Å². The predicted octanol–water partition coefficient (Wildman–Crippen LogP) is 2.44. The molecule has 2 unspecified atom stereocenters. The third-order valence-electron chi connectivity index (χ3n) is 5.62. The lowest BCUT2D eigenvalue weighted by molar-refractivity contribution is 0.0109. The molecule has 30 heavy (non-hydrogen) atoms. The summed E-state index contributed by atoms with van der Waals surface area (Å²) in [6.07, 6.45) is 1.83. The van der Waals surface area contributed by atoms with Gasteiger partial charge in [0.1, 0.15) is 12.0 Å². The molecule has 3 atom stereocenters. The first kappa shape index (κ1) is 21.7. The number of carbonyl (C=O) groups excluding carboxylic acids is 1. The molecule has 2 heterocycles. The van der Waals surface area contributed by atoms with Crippen molar-refractivity contribution in [3.05, 3.63) is 59.3 Å². The number of aliphatic hydroxyl groups excluding tert-OH is 1. The van der Waals surface area contributed by atoms with Gasteiger partial charge in [-0.2, -0.15) is 0 Å². The van der Waals surface area contributed by atoms with Gasteiger partial charge >= 0.3 is 5.97 Å². The van der Waals surface area contributed by atoms with Crippen molar-refractivity contribution in [3.63, 3.8) is 0 Å². The predicted molar refractivity (Wildman–Crippen MR) is 113 cm³/mol. The van der Waals surface area contributed by atoms with Gasteiger partial charge in [0.15, 0.2) is 0 Å². The summed E-state index contributed by atoms with van der Waals surface area (Å²) in [6, 6.07) is 10.2. The van der Waals surface area contributed by atoms with Gasteiger partial charge in [0.05, 0.1) is 11.1 Å². The molecular weight excluding hydrogens is 384 g/mol. The van der Waals surface area contributed by atoms with Crippen LogP contribution in [0, 0.1) is 0 Å². The number of anilines is 1. The highest BCUT2D eigenvalue weighted by Crippen LogP contribution is 2.21. The van der Waals surface area contributed by atoms with Crippen molar-refractivity contribution < 1.29 is 19.8 Å². The van der Waals surface area contributed by atoms with Crippen LogP contribution in [0.3, 0.4) is 0 Å². The molecule has 1 aliphatic heterocycles. The van der Waals surface area contributed by atoms with E-state index in [2.05, 4.69) is 10.3 Å². The molecule has 0 radical (unpaired) electrons. The molecule has 1 amide bonds. The number of amides is 1. The zero-order valence-corrected chi connectivity index (χ0v) is 17.4. The van der Waals surface area contributed by atoms with E-state index < -0.39 is 12.2 Å². The average Bonchev–Trinajstić information content (AvgIpc) is 3.23. The molecule has 1 aliphatic rings. The van der Waals surface area contributed by atoms with Gasteiger partial charge < -0.3 is 20.4 Å². The average molecular weight is 412 g/mol. The third kappa shape index (κ3) is 4.95. The fourth-order valence-electron chi connectivity index (χ4n) is 3.60. The molecule has 0 bridgehead atoms. The molecule has 1 fully saturated rings. The van der Waals surface area contributed by atoms with E-state index in [9.17, 15) is 14.7 Å². The van der Waals surface area contributed by atoms with E-state index >= 15 is 0 Å². The van der Waals surface area contributed by atoms with Crippen LogP contribution < -0.4 is 5.32 Å². The first-order valence-corrected chi connectivity index (χ1v) is 10.0. The lowest BCUT2D eigenvalue weighted by atomic mass is 10.1. The Morgan fingerprint density at radius 3 is 2.63 bits per heavy atom. The lowest BCUT2D eigenvalue weighted by Gasteiger charge is -2.27. The van der Waals surface area contributed by atoms with E-state index in [4.69, 9.17) is 5.11 Å². The number of benzene rings is 1. The smallest absolute Gasteiger partial charge is 0.335 e. The summed E-state index contributed by atoms with van der Waals surface area (Å²) in [7, 11) is 1.86. The maximum absolute atomic E-state index is 12.8. The largest absolute Gasteiger partial charge is 0.478 e. The number of hydrogen-bond donors (Lipinski definition) is 3. The summed E-state index contributed by atoms with van der Waals surface area (Å²) in [6.45, 7) is 4.87. The number of nitrogens with zero attached hydrogens (tertiary/aromatic N) is 3. The quantitative estimate of drug-likeness (QED) is 0.600. The minimum absolute atomic E-state index is 0.0715. The molecule has 0 spiro atoms. The number of aromatic nitrogens is 1. The van der Waals surface area contributed by atoms with Gasteiger partial charge in [0.25, 0.3) is 5.91 Å². The minimum atomic E-state index is -0.964. The normalized spacial score (nSPS) is 18.3. The van der Waals surface area contributed by atoms with Crippen LogP contribution in [0.25, 0.3) is 0 Å². The van der Waals surface area contributed by atoms with Crippen molar-refractivity contribution in [1.29, 1.82) is 0 Å². The van der Waals surface area contributed by atoms with Crippen molar-refractivity contribution in [2.45, 2.75) is 38.6 Å². The molecule has 1 aromatic heterocycles. The first-order valence-electron chi connectivity index (χ1n) is 10.0. The second kappa shape index (κ2) is 9.23. The number of hydrogen-bond acceptors (Lipinski definition) is 6. The van der Waals surface area contributed by atoms with E-state index in [1.807, 2.05) is 24.9 Å². The van der Waals surface area contributed by atoms with Crippen LogP contribution in [0.2, 0.25) is 0 Å². The number of carboxylic acids is 1. The molecule has 1 saturated heterocycles. The van der Waals surface area contributed by atoms with Crippen molar-refractivity contribution in [2.24, 2.45) is 0 Å². The number of pyridine rings is 1. The molecule has 2 aromatic rings. The van der Waals surface area contributed by atoms with Gasteiger partial charge in [-0.15, -0.1) is 0 Å². The lowest BCUT2D eigenvalue weighted by Crippen LogP contribution is -2.41. The minimum Gasteiger partial charge on any atom is -0.478 e. The van der Waals surface area contributed by atoms with E-state index in [0.717, 1.165) is 12.0 Å². The van der Waals surface area contributed by atoms with Crippen LogP contribution in [0.4, 0.5) is 5.82 Å².